The van der Waals surface area contributed by atoms with E-state index in [-0.39, 0.29) is 17.6 Å². The predicted molar refractivity (Wildman–Crippen MR) is 54.6 cm³/mol. The molecule has 0 amide bonds. The van der Waals surface area contributed by atoms with Gasteiger partial charge < -0.3 is 9.64 Å². The van der Waals surface area contributed by atoms with Crippen molar-refractivity contribution in [1.29, 1.82) is 5.26 Å². The third kappa shape index (κ3) is 2.21. The summed E-state index contributed by atoms with van der Waals surface area (Å²) in [6, 6.07) is 1.97. The largest absolute Gasteiger partial charge is 0.360 e. The van der Waals surface area contributed by atoms with Gasteiger partial charge in [0.25, 0.3) is 0 Å². The highest BCUT2D eigenvalue weighted by Crippen LogP contribution is 2.19. The highest BCUT2D eigenvalue weighted by Gasteiger charge is 2.23. The van der Waals surface area contributed by atoms with E-state index in [4.69, 9.17) is 21.6 Å². The van der Waals surface area contributed by atoms with Crippen LogP contribution in [0.1, 0.15) is 0 Å². The van der Waals surface area contributed by atoms with Crippen molar-refractivity contribution < 1.29 is 9.13 Å². The van der Waals surface area contributed by atoms with Gasteiger partial charge in [0.15, 0.2) is 17.7 Å². The second-order valence-electron chi connectivity index (χ2n) is 3.25. The van der Waals surface area contributed by atoms with Gasteiger partial charge in [0, 0.05) is 6.54 Å². The molecule has 1 unspecified atom stereocenters. The molecule has 84 valence electrons. The highest BCUT2D eigenvalue weighted by molar-refractivity contribution is 6.28. The smallest absolute Gasteiger partial charge is 0.224 e. The SMILES string of the molecule is N#CC1CN(c2nc(Cl)ncc2F)CCO1. The number of halogens is 2. The van der Waals surface area contributed by atoms with E-state index >= 15 is 0 Å². The van der Waals surface area contributed by atoms with E-state index in [0.29, 0.717) is 13.2 Å². The summed E-state index contributed by atoms with van der Waals surface area (Å²) in [6.45, 7) is 1.11. The van der Waals surface area contributed by atoms with Gasteiger partial charge in [0.05, 0.1) is 25.4 Å². The molecule has 1 fully saturated rings. The number of anilines is 1. The van der Waals surface area contributed by atoms with E-state index in [9.17, 15) is 4.39 Å². The number of morpholine rings is 1. The molecule has 1 aromatic rings. The van der Waals surface area contributed by atoms with Gasteiger partial charge in [-0.25, -0.2) is 9.37 Å². The van der Waals surface area contributed by atoms with Crippen LogP contribution in [0.4, 0.5) is 10.2 Å². The number of ether oxygens (including phenoxy) is 1. The van der Waals surface area contributed by atoms with Crippen molar-refractivity contribution in [2.45, 2.75) is 6.10 Å². The molecule has 7 heteroatoms. The summed E-state index contributed by atoms with van der Waals surface area (Å²) < 4.78 is 18.6. The van der Waals surface area contributed by atoms with Crippen molar-refractivity contribution >= 4 is 17.4 Å². The van der Waals surface area contributed by atoms with Crippen molar-refractivity contribution in [1.82, 2.24) is 9.97 Å². The van der Waals surface area contributed by atoms with Gasteiger partial charge in [-0.05, 0) is 11.6 Å². The van der Waals surface area contributed by atoms with E-state index < -0.39 is 11.9 Å². The van der Waals surface area contributed by atoms with Gasteiger partial charge in [-0.1, -0.05) is 0 Å². The van der Waals surface area contributed by atoms with E-state index in [0.717, 1.165) is 6.20 Å². The molecule has 0 aliphatic carbocycles. The van der Waals surface area contributed by atoms with Crippen LogP contribution in [0.5, 0.6) is 0 Å². The van der Waals surface area contributed by atoms with E-state index in [2.05, 4.69) is 9.97 Å². The predicted octanol–water partition coefficient (Wildman–Crippen LogP) is 0.998. The van der Waals surface area contributed by atoms with E-state index in [1.54, 1.807) is 4.90 Å². The molecule has 1 atom stereocenters. The first kappa shape index (κ1) is 11.0. The second kappa shape index (κ2) is 4.60. The van der Waals surface area contributed by atoms with Gasteiger partial charge in [0.1, 0.15) is 0 Å². The standard InChI is InChI=1S/C9H8ClFN4O/c10-9-13-4-7(11)8(14-9)15-1-2-16-6(3-12)5-15/h4,6H,1-2,5H2. The van der Waals surface area contributed by atoms with Crippen LogP contribution in [0.25, 0.3) is 0 Å². The summed E-state index contributed by atoms with van der Waals surface area (Å²) in [5, 5.41) is 8.71. The van der Waals surface area contributed by atoms with Gasteiger partial charge in [0.2, 0.25) is 5.28 Å². The van der Waals surface area contributed by atoms with Crippen LogP contribution in [-0.4, -0.2) is 35.8 Å². The minimum atomic E-state index is -0.568. The summed E-state index contributed by atoms with van der Waals surface area (Å²) in [5.74, 6) is -0.438. The maximum Gasteiger partial charge on any atom is 0.224 e. The fourth-order valence-corrected chi connectivity index (χ4v) is 1.61. The maximum atomic E-state index is 13.4. The summed E-state index contributed by atoms with van der Waals surface area (Å²) in [4.78, 5) is 8.96. The monoisotopic (exact) mass is 242 g/mol. The van der Waals surface area contributed by atoms with Crippen LogP contribution in [0, 0.1) is 17.1 Å². The minimum absolute atomic E-state index is 0.0172. The Kier molecular flexibility index (Phi) is 3.17. The number of nitrogens with zero attached hydrogens (tertiary/aromatic N) is 4. The molecular formula is C9H8ClFN4O. The zero-order chi connectivity index (χ0) is 11.5. The average molecular weight is 243 g/mol. The molecule has 1 saturated heterocycles. The van der Waals surface area contributed by atoms with Crippen molar-refractivity contribution in [3.63, 3.8) is 0 Å². The molecule has 5 nitrogen and oxygen atoms in total. The van der Waals surface area contributed by atoms with Crippen LogP contribution < -0.4 is 4.90 Å². The topological polar surface area (TPSA) is 62.0 Å². The molecule has 0 aromatic carbocycles. The molecular weight excluding hydrogens is 235 g/mol. The fourth-order valence-electron chi connectivity index (χ4n) is 1.48. The molecule has 2 rings (SSSR count). The summed E-state index contributed by atoms with van der Waals surface area (Å²) >= 11 is 5.59. The quantitative estimate of drug-likeness (QED) is 0.688. The lowest BCUT2D eigenvalue weighted by Crippen LogP contribution is -2.42. The number of rotatable bonds is 1. The van der Waals surface area contributed by atoms with Gasteiger partial charge in [-0.3, -0.25) is 0 Å². The number of nitriles is 1. The van der Waals surface area contributed by atoms with Crippen molar-refractivity contribution in [3.8, 4) is 6.07 Å². The Balaban J connectivity index is 2.23. The molecule has 16 heavy (non-hydrogen) atoms. The van der Waals surface area contributed by atoms with Gasteiger partial charge in [-0.15, -0.1) is 0 Å². The molecule has 0 bridgehead atoms. The van der Waals surface area contributed by atoms with Crippen molar-refractivity contribution in [2.75, 3.05) is 24.6 Å². The molecule has 1 aromatic heterocycles. The highest BCUT2D eigenvalue weighted by atomic mass is 35.5. The van der Waals surface area contributed by atoms with Crippen LogP contribution in [0.2, 0.25) is 5.28 Å². The van der Waals surface area contributed by atoms with Crippen LogP contribution in [0.15, 0.2) is 6.20 Å². The lowest BCUT2D eigenvalue weighted by atomic mass is 10.3. The Morgan fingerprint density at radius 2 is 2.50 bits per heavy atom. The minimum Gasteiger partial charge on any atom is -0.360 e. The van der Waals surface area contributed by atoms with Crippen molar-refractivity contribution in [2.24, 2.45) is 0 Å². The molecule has 0 spiro atoms. The first-order chi connectivity index (χ1) is 7.70. The Hall–Kier alpha value is -1.45. The van der Waals surface area contributed by atoms with Crippen LogP contribution in [-0.2, 0) is 4.74 Å². The third-order valence-corrected chi connectivity index (χ3v) is 2.39. The van der Waals surface area contributed by atoms with Crippen LogP contribution in [0.3, 0.4) is 0 Å². The molecule has 2 heterocycles. The normalized spacial score (nSPS) is 20.6. The molecule has 1 aliphatic heterocycles. The summed E-state index contributed by atoms with van der Waals surface area (Å²) in [7, 11) is 0. The number of hydrogen-bond acceptors (Lipinski definition) is 5. The number of hydrogen-bond donors (Lipinski definition) is 0. The van der Waals surface area contributed by atoms with E-state index in [1.165, 1.54) is 0 Å². The Bertz CT molecular complexity index is 436. The Labute approximate surface area is 96.4 Å². The Morgan fingerprint density at radius 1 is 1.69 bits per heavy atom. The van der Waals surface area contributed by atoms with Crippen molar-refractivity contribution in [3.05, 3.63) is 17.3 Å². The summed E-state index contributed by atoms with van der Waals surface area (Å²) in [5.41, 5.74) is 0. The molecule has 0 N–H and O–H groups in total. The van der Waals surface area contributed by atoms with Crippen LogP contribution >= 0.6 is 11.6 Å². The molecule has 0 saturated carbocycles. The number of aromatic nitrogens is 2. The Morgan fingerprint density at radius 3 is 3.25 bits per heavy atom. The molecule has 1 aliphatic rings. The zero-order valence-electron chi connectivity index (χ0n) is 8.23. The first-order valence-corrected chi connectivity index (χ1v) is 5.02. The van der Waals surface area contributed by atoms with E-state index in [1.807, 2.05) is 6.07 Å². The lowest BCUT2D eigenvalue weighted by Gasteiger charge is -2.30. The molecule has 0 radical (unpaired) electrons. The summed E-state index contributed by atoms with van der Waals surface area (Å²) in [6.07, 6.45) is 0.448. The fraction of sp³-hybridized carbons (Fsp3) is 0.444. The van der Waals surface area contributed by atoms with Gasteiger partial charge >= 0.3 is 0 Å². The zero-order valence-corrected chi connectivity index (χ0v) is 8.98. The maximum absolute atomic E-state index is 13.4. The second-order valence-corrected chi connectivity index (χ2v) is 3.58. The lowest BCUT2D eigenvalue weighted by molar-refractivity contribution is 0.0758. The third-order valence-electron chi connectivity index (χ3n) is 2.21. The first-order valence-electron chi connectivity index (χ1n) is 4.65. The average Bonchev–Trinajstić information content (AvgIpc) is 2.32. The van der Waals surface area contributed by atoms with Gasteiger partial charge in [-0.2, -0.15) is 10.2 Å².